The summed E-state index contributed by atoms with van der Waals surface area (Å²) in [6.45, 7) is 1.64. The van der Waals surface area contributed by atoms with Crippen molar-refractivity contribution in [2.24, 2.45) is 7.05 Å². The summed E-state index contributed by atoms with van der Waals surface area (Å²) < 4.78 is 43.6. The van der Waals surface area contributed by atoms with Gasteiger partial charge in [0.1, 0.15) is 5.75 Å². The lowest BCUT2D eigenvalue weighted by molar-refractivity contribution is -0.274. The SMILES string of the molecule is C[C@@H](O)CCC(=O)c1ccc2c(c1)nc(Nc1nc3ccc(OC(F)(F)F)cc3s1)n2C. The van der Waals surface area contributed by atoms with Crippen LogP contribution in [0.15, 0.2) is 36.4 Å². The van der Waals surface area contributed by atoms with E-state index in [4.69, 9.17) is 0 Å². The fraction of sp³-hybridized carbons (Fsp3) is 0.286. The summed E-state index contributed by atoms with van der Waals surface area (Å²) in [6.07, 6.45) is -4.67. The number of aliphatic hydroxyl groups is 1. The highest BCUT2D eigenvalue weighted by molar-refractivity contribution is 7.22. The van der Waals surface area contributed by atoms with Gasteiger partial charge in [-0.25, -0.2) is 9.97 Å². The molecule has 2 heterocycles. The molecule has 0 saturated carbocycles. The van der Waals surface area contributed by atoms with Gasteiger partial charge in [0.2, 0.25) is 5.95 Å². The second kappa shape index (κ2) is 8.40. The van der Waals surface area contributed by atoms with Crippen LogP contribution in [-0.2, 0) is 7.05 Å². The number of Topliss-reactive ketones (excluding diaryl/α,β-unsaturated/α-hetero) is 1. The Morgan fingerprint density at radius 1 is 1.22 bits per heavy atom. The second-order valence-corrected chi connectivity index (χ2v) is 8.36. The number of halogens is 3. The number of carbonyl (C=O) groups excluding carboxylic acids is 1. The average molecular weight is 464 g/mol. The van der Waals surface area contributed by atoms with Gasteiger partial charge in [0.25, 0.3) is 0 Å². The molecule has 0 saturated heterocycles. The molecule has 4 rings (SSSR count). The van der Waals surface area contributed by atoms with E-state index >= 15 is 0 Å². The Balaban J connectivity index is 1.57. The molecule has 0 aliphatic carbocycles. The van der Waals surface area contributed by atoms with Gasteiger partial charge in [-0.15, -0.1) is 13.2 Å². The number of fused-ring (bicyclic) bond motifs is 2. The number of benzene rings is 2. The number of ketones is 1. The Labute approximate surface area is 184 Å². The minimum atomic E-state index is -4.76. The van der Waals surface area contributed by atoms with Crippen LogP contribution in [0.3, 0.4) is 0 Å². The zero-order valence-corrected chi connectivity index (χ0v) is 17.9. The van der Waals surface area contributed by atoms with E-state index in [1.807, 2.05) is 0 Å². The number of aliphatic hydroxyl groups excluding tert-OH is 1. The van der Waals surface area contributed by atoms with E-state index in [1.165, 1.54) is 29.5 Å². The fourth-order valence-electron chi connectivity index (χ4n) is 3.22. The van der Waals surface area contributed by atoms with Crippen molar-refractivity contribution in [1.82, 2.24) is 14.5 Å². The summed E-state index contributed by atoms with van der Waals surface area (Å²) >= 11 is 1.17. The maximum absolute atomic E-state index is 12.4. The van der Waals surface area contributed by atoms with E-state index in [9.17, 15) is 23.1 Å². The first-order valence-corrected chi connectivity index (χ1v) is 10.5. The van der Waals surface area contributed by atoms with Gasteiger partial charge in [0.05, 0.1) is 27.4 Å². The number of carbonyl (C=O) groups is 1. The number of hydrogen-bond donors (Lipinski definition) is 2. The number of aryl methyl sites for hydroxylation is 1. The number of nitrogens with one attached hydrogen (secondary N) is 1. The molecule has 32 heavy (non-hydrogen) atoms. The van der Waals surface area contributed by atoms with Crippen molar-refractivity contribution in [3.05, 3.63) is 42.0 Å². The zero-order chi connectivity index (χ0) is 23.0. The van der Waals surface area contributed by atoms with Gasteiger partial charge in [-0.3, -0.25) is 4.79 Å². The molecule has 0 bridgehead atoms. The number of rotatable bonds is 7. The van der Waals surface area contributed by atoms with Gasteiger partial charge < -0.3 is 19.7 Å². The maximum atomic E-state index is 12.4. The van der Waals surface area contributed by atoms with Crippen molar-refractivity contribution in [3.8, 4) is 5.75 Å². The minimum Gasteiger partial charge on any atom is -0.406 e. The van der Waals surface area contributed by atoms with Crippen LogP contribution in [0.4, 0.5) is 24.3 Å². The van der Waals surface area contributed by atoms with Crippen molar-refractivity contribution in [2.75, 3.05) is 5.32 Å². The number of aromatic nitrogens is 3. The lowest BCUT2D eigenvalue weighted by Crippen LogP contribution is -2.16. The third-order valence-electron chi connectivity index (χ3n) is 4.80. The highest BCUT2D eigenvalue weighted by Crippen LogP contribution is 2.33. The van der Waals surface area contributed by atoms with Crippen LogP contribution in [-0.4, -0.2) is 37.9 Å². The summed E-state index contributed by atoms with van der Waals surface area (Å²) in [5, 5.41) is 12.9. The number of nitrogens with zero attached hydrogens (tertiary/aromatic N) is 3. The van der Waals surface area contributed by atoms with Crippen LogP contribution >= 0.6 is 11.3 Å². The smallest absolute Gasteiger partial charge is 0.406 e. The Morgan fingerprint density at radius 2 is 2.00 bits per heavy atom. The van der Waals surface area contributed by atoms with E-state index in [-0.39, 0.29) is 18.0 Å². The van der Waals surface area contributed by atoms with Crippen LogP contribution < -0.4 is 10.1 Å². The zero-order valence-electron chi connectivity index (χ0n) is 17.1. The van der Waals surface area contributed by atoms with E-state index in [1.54, 1.807) is 36.7 Å². The van der Waals surface area contributed by atoms with Crippen LogP contribution in [0.2, 0.25) is 0 Å². The Morgan fingerprint density at radius 3 is 2.72 bits per heavy atom. The van der Waals surface area contributed by atoms with E-state index in [0.717, 1.165) is 5.52 Å². The summed E-state index contributed by atoms with van der Waals surface area (Å²) in [5.41, 5.74) is 2.44. The maximum Gasteiger partial charge on any atom is 0.573 e. The lowest BCUT2D eigenvalue weighted by atomic mass is 10.0. The molecule has 11 heteroatoms. The van der Waals surface area contributed by atoms with Crippen LogP contribution in [0, 0.1) is 0 Å². The third kappa shape index (κ3) is 4.83. The van der Waals surface area contributed by atoms with Crippen molar-refractivity contribution < 1.29 is 27.8 Å². The summed E-state index contributed by atoms with van der Waals surface area (Å²) in [7, 11) is 1.80. The molecule has 0 fully saturated rings. The summed E-state index contributed by atoms with van der Waals surface area (Å²) in [5.74, 6) is 0.0890. The number of ether oxygens (including phenoxy) is 1. The molecule has 0 amide bonds. The number of thiazole rings is 1. The molecule has 0 spiro atoms. The molecular formula is C21H19F3N4O3S. The first kappa shape index (κ1) is 22.0. The largest absolute Gasteiger partial charge is 0.573 e. The number of alkyl halides is 3. The van der Waals surface area contributed by atoms with Gasteiger partial charge in [-0.2, -0.15) is 0 Å². The van der Waals surface area contributed by atoms with E-state index in [2.05, 4.69) is 20.0 Å². The number of hydrogen-bond acceptors (Lipinski definition) is 7. The minimum absolute atomic E-state index is 0.0731. The normalized spacial score (nSPS) is 12.9. The molecule has 4 aromatic rings. The van der Waals surface area contributed by atoms with Crippen molar-refractivity contribution in [1.29, 1.82) is 0 Å². The monoisotopic (exact) mass is 464 g/mol. The molecule has 7 nitrogen and oxygen atoms in total. The molecule has 2 aromatic carbocycles. The average Bonchev–Trinajstić information content (AvgIpc) is 3.24. The van der Waals surface area contributed by atoms with Crippen LogP contribution in [0.25, 0.3) is 21.3 Å². The first-order valence-electron chi connectivity index (χ1n) is 9.70. The van der Waals surface area contributed by atoms with Crippen LogP contribution in [0.5, 0.6) is 5.75 Å². The molecular weight excluding hydrogens is 445 g/mol. The van der Waals surface area contributed by atoms with Crippen molar-refractivity contribution in [3.63, 3.8) is 0 Å². The standard InChI is InChI=1S/C21H19F3N4O3S/c1-11(29)3-8-17(30)12-4-7-16-15(9-12)25-19(28(16)2)27-20-26-14-6-5-13(10-18(14)32-20)31-21(22,23)24/h4-7,9-11,29H,3,8H2,1-2H3,(H,25,26,27)/t11-/m1/s1. The third-order valence-corrected chi connectivity index (χ3v) is 5.74. The molecule has 0 aliphatic heterocycles. The van der Waals surface area contributed by atoms with E-state index in [0.29, 0.717) is 38.8 Å². The predicted octanol–water partition coefficient (Wildman–Crippen LogP) is 5.17. The molecule has 2 aromatic heterocycles. The molecule has 168 valence electrons. The molecule has 0 radical (unpaired) electrons. The van der Waals surface area contributed by atoms with Gasteiger partial charge in [0, 0.05) is 25.1 Å². The second-order valence-electron chi connectivity index (χ2n) is 7.33. The summed E-state index contributed by atoms with van der Waals surface area (Å²) in [4.78, 5) is 21.2. The Kier molecular flexibility index (Phi) is 5.78. The number of anilines is 2. The molecule has 0 unspecified atom stereocenters. The predicted molar refractivity (Wildman–Crippen MR) is 116 cm³/mol. The topological polar surface area (TPSA) is 89.3 Å². The first-order chi connectivity index (χ1) is 15.1. The quantitative estimate of drug-likeness (QED) is 0.367. The van der Waals surface area contributed by atoms with Crippen molar-refractivity contribution >= 4 is 49.4 Å². The lowest BCUT2D eigenvalue weighted by Gasteiger charge is -2.07. The molecule has 0 aliphatic rings. The number of imidazole rings is 1. The highest BCUT2D eigenvalue weighted by atomic mass is 32.1. The van der Waals surface area contributed by atoms with Gasteiger partial charge in [-0.05, 0) is 43.7 Å². The molecule has 1 atom stereocenters. The van der Waals surface area contributed by atoms with Crippen LogP contribution in [0.1, 0.15) is 30.1 Å². The fourth-order valence-corrected chi connectivity index (χ4v) is 4.11. The van der Waals surface area contributed by atoms with Crippen molar-refractivity contribution in [2.45, 2.75) is 32.2 Å². The Hall–Kier alpha value is -3.18. The van der Waals surface area contributed by atoms with Gasteiger partial charge in [0.15, 0.2) is 10.9 Å². The highest BCUT2D eigenvalue weighted by Gasteiger charge is 2.31. The Bertz CT molecular complexity index is 1300. The van der Waals surface area contributed by atoms with E-state index < -0.39 is 12.5 Å². The van der Waals surface area contributed by atoms with Gasteiger partial charge in [-0.1, -0.05) is 11.3 Å². The van der Waals surface area contributed by atoms with Gasteiger partial charge >= 0.3 is 6.36 Å². The molecule has 2 N–H and O–H groups in total. The summed E-state index contributed by atoms with van der Waals surface area (Å²) in [6, 6.07) is 9.17.